The van der Waals surface area contributed by atoms with E-state index in [4.69, 9.17) is 9.47 Å². The van der Waals surface area contributed by atoms with E-state index in [1.807, 2.05) is 6.92 Å². The van der Waals surface area contributed by atoms with E-state index in [2.05, 4.69) is 5.32 Å². The van der Waals surface area contributed by atoms with Crippen molar-refractivity contribution in [3.05, 3.63) is 29.6 Å². The minimum Gasteiger partial charge on any atom is -0.389 e. The first-order valence-electron chi connectivity index (χ1n) is 5.88. The molecule has 0 heterocycles. The third-order valence-electron chi connectivity index (χ3n) is 2.47. The predicted molar refractivity (Wildman–Crippen MR) is 68.3 cm³/mol. The van der Waals surface area contributed by atoms with Crippen molar-refractivity contribution in [2.75, 3.05) is 38.8 Å². The summed E-state index contributed by atoms with van der Waals surface area (Å²) in [5, 5.41) is 12.6. The van der Waals surface area contributed by atoms with Crippen molar-refractivity contribution in [1.82, 2.24) is 0 Å². The highest BCUT2D eigenvalue weighted by atomic mass is 19.1. The number of ether oxygens (including phenoxy) is 2. The van der Waals surface area contributed by atoms with Crippen LogP contribution in [-0.2, 0) is 9.47 Å². The maximum absolute atomic E-state index is 13.0. The van der Waals surface area contributed by atoms with E-state index < -0.39 is 6.10 Å². The Bertz CT molecular complexity index is 360. The number of hydrogen-bond acceptors (Lipinski definition) is 4. The first-order valence-corrected chi connectivity index (χ1v) is 5.88. The van der Waals surface area contributed by atoms with E-state index in [1.54, 1.807) is 13.2 Å². The molecule has 5 heteroatoms. The first-order chi connectivity index (χ1) is 8.63. The molecule has 1 atom stereocenters. The average Bonchev–Trinajstić information content (AvgIpc) is 2.36. The minimum absolute atomic E-state index is 0.227. The van der Waals surface area contributed by atoms with Gasteiger partial charge < -0.3 is 19.9 Å². The van der Waals surface area contributed by atoms with E-state index in [-0.39, 0.29) is 12.4 Å². The van der Waals surface area contributed by atoms with E-state index in [9.17, 15) is 9.50 Å². The van der Waals surface area contributed by atoms with Gasteiger partial charge in [0, 0.05) is 19.3 Å². The van der Waals surface area contributed by atoms with Crippen LogP contribution in [0.4, 0.5) is 10.1 Å². The molecular weight excluding hydrogens is 237 g/mol. The normalized spacial score (nSPS) is 12.4. The Morgan fingerprint density at radius 1 is 1.39 bits per heavy atom. The van der Waals surface area contributed by atoms with Crippen LogP contribution in [-0.4, -0.2) is 44.7 Å². The van der Waals surface area contributed by atoms with Gasteiger partial charge in [0.1, 0.15) is 5.82 Å². The molecule has 0 radical (unpaired) electrons. The highest BCUT2D eigenvalue weighted by Crippen LogP contribution is 2.15. The van der Waals surface area contributed by atoms with Gasteiger partial charge in [-0.05, 0) is 24.6 Å². The summed E-state index contributed by atoms with van der Waals surface area (Å²) in [6, 6.07) is 4.51. The van der Waals surface area contributed by atoms with Crippen molar-refractivity contribution in [2.24, 2.45) is 0 Å². The average molecular weight is 257 g/mol. The summed E-state index contributed by atoms with van der Waals surface area (Å²) in [5.74, 6) is -0.297. The molecule has 102 valence electrons. The van der Waals surface area contributed by atoms with E-state index in [0.717, 1.165) is 5.56 Å². The number of hydrogen-bond donors (Lipinski definition) is 2. The summed E-state index contributed by atoms with van der Waals surface area (Å²) in [4.78, 5) is 0. The highest BCUT2D eigenvalue weighted by Gasteiger charge is 2.06. The number of aliphatic hydroxyl groups is 1. The van der Waals surface area contributed by atoms with Crippen LogP contribution in [0, 0.1) is 12.7 Å². The van der Waals surface area contributed by atoms with Crippen molar-refractivity contribution < 1.29 is 19.0 Å². The molecule has 0 saturated heterocycles. The lowest BCUT2D eigenvalue weighted by Crippen LogP contribution is -2.25. The number of benzene rings is 1. The van der Waals surface area contributed by atoms with Crippen LogP contribution in [0.15, 0.2) is 18.2 Å². The second-order valence-corrected chi connectivity index (χ2v) is 4.06. The zero-order valence-electron chi connectivity index (χ0n) is 10.8. The molecule has 0 amide bonds. The van der Waals surface area contributed by atoms with Gasteiger partial charge in [0.25, 0.3) is 0 Å². The van der Waals surface area contributed by atoms with E-state index in [1.165, 1.54) is 12.1 Å². The van der Waals surface area contributed by atoms with Crippen LogP contribution < -0.4 is 5.32 Å². The van der Waals surface area contributed by atoms with Crippen LogP contribution in [0.2, 0.25) is 0 Å². The number of aryl methyl sites for hydroxylation is 1. The van der Waals surface area contributed by atoms with Crippen molar-refractivity contribution >= 4 is 5.69 Å². The number of rotatable bonds is 8. The third kappa shape index (κ3) is 5.44. The molecule has 0 fully saturated rings. The summed E-state index contributed by atoms with van der Waals surface area (Å²) in [6.45, 7) is 3.38. The molecule has 1 rings (SSSR count). The molecule has 4 nitrogen and oxygen atoms in total. The van der Waals surface area contributed by atoms with E-state index in [0.29, 0.717) is 25.4 Å². The van der Waals surface area contributed by atoms with Gasteiger partial charge in [-0.25, -0.2) is 4.39 Å². The second kappa shape index (κ2) is 8.02. The van der Waals surface area contributed by atoms with Crippen molar-refractivity contribution in [3.63, 3.8) is 0 Å². The van der Waals surface area contributed by atoms with E-state index >= 15 is 0 Å². The van der Waals surface area contributed by atoms with Gasteiger partial charge in [-0.15, -0.1) is 0 Å². The maximum atomic E-state index is 13.0. The minimum atomic E-state index is -0.635. The van der Waals surface area contributed by atoms with Gasteiger partial charge in [0.05, 0.1) is 25.9 Å². The summed E-state index contributed by atoms with van der Waals surface area (Å²) in [5.41, 5.74) is 1.62. The van der Waals surface area contributed by atoms with Gasteiger partial charge in [0.15, 0.2) is 0 Å². The van der Waals surface area contributed by atoms with Gasteiger partial charge in [0.2, 0.25) is 0 Å². The van der Waals surface area contributed by atoms with Gasteiger partial charge in [-0.2, -0.15) is 0 Å². The Balaban J connectivity index is 2.29. The number of methoxy groups -OCH3 is 1. The lowest BCUT2D eigenvalue weighted by atomic mass is 10.2. The third-order valence-corrected chi connectivity index (χ3v) is 2.47. The Morgan fingerprint density at radius 2 is 2.17 bits per heavy atom. The van der Waals surface area contributed by atoms with Crippen LogP contribution in [0.25, 0.3) is 0 Å². The van der Waals surface area contributed by atoms with Crippen LogP contribution >= 0.6 is 0 Å². The van der Waals surface area contributed by atoms with Gasteiger partial charge in [-0.3, -0.25) is 0 Å². The summed E-state index contributed by atoms with van der Waals surface area (Å²) in [6.07, 6.45) is -0.635. The number of aliphatic hydroxyl groups excluding tert-OH is 1. The highest BCUT2D eigenvalue weighted by molar-refractivity contribution is 5.50. The molecule has 18 heavy (non-hydrogen) atoms. The fourth-order valence-electron chi connectivity index (χ4n) is 1.43. The molecule has 0 bridgehead atoms. The molecule has 0 saturated carbocycles. The summed E-state index contributed by atoms with van der Waals surface area (Å²) < 4.78 is 23.0. The Kier molecular flexibility index (Phi) is 6.64. The molecule has 0 spiro atoms. The fourth-order valence-corrected chi connectivity index (χ4v) is 1.43. The first kappa shape index (κ1) is 14.9. The summed E-state index contributed by atoms with van der Waals surface area (Å²) >= 11 is 0. The van der Waals surface area contributed by atoms with Crippen molar-refractivity contribution in [3.8, 4) is 0 Å². The monoisotopic (exact) mass is 257 g/mol. The lowest BCUT2D eigenvalue weighted by Gasteiger charge is -2.14. The number of nitrogens with one attached hydrogen (secondary N) is 1. The number of halogens is 1. The lowest BCUT2D eigenvalue weighted by molar-refractivity contribution is 0.0182. The zero-order valence-corrected chi connectivity index (χ0v) is 10.8. The van der Waals surface area contributed by atoms with Gasteiger partial charge in [-0.1, -0.05) is 6.07 Å². The topological polar surface area (TPSA) is 50.7 Å². The number of anilines is 1. The SMILES string of the molecule is COCCOCC(O)CNc1cc(F)ccc1C. The summed E-state index contributed by atoms with van der Waals surface area (Å²) in [7, 11) is 1.59. The zero-order chi connectivity index (χ0) is 13.4. The molecule has 0 aromatic heterocycles. The Morgan fingerprint density at radius 3 is 2.89 bits per heavy atom. The van der Waals surface area contributed by atoms with Crippen LogP contribution in [0.3, 0.4) is 0 Å². The largest absolute Gasteiger partial charge is 0.389 e. The van der Waals surface area contributed by atoms with Crippen LogP contribution in [0.1, 0.15) is 5.56 Å². The maximum Gasteiger partial charge on any atom is 0.125 e. The molecule has 0 aliphatic carbocycles. The second-order valence-electron chi connectivity index (χ2n) is 4.06. The van der Waals surface area contributed by atoms with Crippen molar-refractivity contribution in [1.29, 1.82) is 0 Å². The quantitative estimate of drug-likeness (QED) is 0.694. The fraction of sp³-hybridized carbons (Fsp3) is 0.538. The predicted octanol–water partition coefficient (Wildman–Crippen LogP) is 1.57. The van der Waals surface area contributed by atoms with Crippen molar-refractivity contribution in [2.45, 2.75) is 13.0 Å². The van der Waals surface area contributed by atoms with Crippen LogP contribution in [0.5, 0.6) is 0 Å². The molecule has 1 unspecified atom stereocenters. The van der Waals surface area contributed by atoms with Gasteiger partial charge >= 0.3 is 0 Å². The smallest absolute Gasteiger partial charge is 0.125 e. The molecule has 0 aliphatic rings. The standard InChI is InChI=1S/C13H20FNO3/c1-10-3-4-11(14)7-13(10)15-8-12(16)9-18-6-5-17-2/h3-4,7,12,15-16H,5-6,8-9H2,1-2H3. The molecule has 1 aromatic rings. The Hall–Kier alpha value is -1.17. The molecular formula is C13H20FNO3. The molecule has 1 aromatic carbocycles. The Labute approximate surface area is 107 Å². The molecule has 0 aliphatic heterocycles. The molecule has 2 N–H and O–H groups in total.